The number of hydrogen-bond acceptors (Lipinski definition) is 4. The van der Waals surface area contributed by atoms with Crippen LogP contribution >= 0.6 is 11.8 Å². The molecule has 5 nitrogen and oxygen atoms in total. The molecule has 3 aromatic carbocycles. The van der Waals surface area contributed by atoms with Crippen LogP contribution in [0.1, 0.15) is 37.3 Å². The van der Waals surface area contributed by atoms with Crippen molar-refractivity contribution in [2.24, 2.45) is 11.8 Å². The van der Waals surface area contributed by atoms with Gasteiger partial charge in [0.2, 0.25) is 11.8 Å². The number of amides is 2. The van der Waals surface area contributed by atoms with Crippen LogP contribution in [0.3, 0.4) is 0 Å². The maximum absolute atomic E-state index is 13.6. The summed E-state index contributed by atoms with van der Waals surface area (Å²) in [7, 11) is 0. The highest BCUT2D eigenvalue weighted by atomic mass is 32.2. The first-order chi connectivity index (χ1) is 19.5. The van der Waals surface area contributed by atoms with E-state index in [0.717, 1.165) is 54.5 Å². The number of rotatable bonds is 10. The van der Waals surface area contributed by atoms with Crippen molar-refractivity contribution in [1.29, 1.82) is 0 Å². The first-order valence-corrected chi connectivity index (χ1v) is 15.2. The summed E-state index contributed by atoms with van der Waals surface area (Å²) in [5, 5.41) is 2.57. The lowest BCUT2D eigenvalue weighted by Crippen LogP contribution is -2.47. The highest BCUT2D eigenvalue weighted by Crippen LogP contribution is 2.42. The normalized spacial score (nSPS) is 18.8. The fourth-order valence-electron chi connectivity index (χ4n) is 5.67. The largest absolute Gasteiger partial charge is 0.356 e. The molecule has 2 aliphatic heterocycles. The van der Waals surface area contributed by atoms with Crippen LogP contribution in [0.2, 0.25) is 0 Å². The van der Waals surface area contributed by atoms with Crippen LogP contribution in [0.4, 0.5) is 10.1 Å². The first kappa shape index (κ1) is 28.4. The first-order valence-electron chi connectivity index (χ1n) is 14.3. The molecule has 1 saturated heterocycles. The number of carbonyl (C=O) groups is 2. The van der Waals surface area contributed by atoms with Gasteiger partial charge in [0, 0.05) is 11.4 Å². The Morgan fingerprint density at radius 3 is 2.42 bits per heavy atom. The van der Waals surface area contributed by atoms with E-state index in [4.69, 9.17) is 0 Å². The van der Waals surface area contributed by atoms with E-state index in [0.29, 0.717) is 13.1 Å². The van der Waals surface area contributed by atoms with Crippen molar-refractivity contribution < 1.29 is 14.0 Å². The quantitative estimate of drug-likeness (QED) is 0.313. The Balaban J connectivity index is 1.09. The van der Waals surface area contributed by atoms with Crippen molar-refractivity contribution in [3.05, 3.63) is 95.8 Å². The monoisotopic (exact) mass is 559 g/mol. The van der Waals surface area contributed by atoms with Crippen LogP contribution in [-0.4, -0.2) is 48.1 Å². The third kappa shape index (κ3) is 7.12. The fraction of sp³-hybridized carbons (Fsp3) is 0.394. The summed E-state index contributed by atoms with van der Waals surface area (Å²) in [5.41, 5.74) is 3.10. The molecular weight excluding hydrogens is 521 g/mol. The average molecular weight is 560 g/mol. The maximum atomic E-state index is 13.6. The van der Waals surface area contributed by atoms with Crippen molar-refractivity contribution in [3.8, 4) is 0 Å². The highest BCUT2D eigenvalue weighted by molar-refractivity contribution is 8.01. The lowest BCUT2D eigenvalue weighted by Gasteiger charge is -2.36. The van der Waals surface area contributed by atoms with Crippen molar-refractivity contribution in [1.82, 2.24) is 10.2 Å². The van der Waals surface area contributed by atoms with Gasteiger partial charge in [0.1, 0.15) is 11.1 Å². The molecule has 0 radical (unpaired) electrons. The van der Waals surface area contributed by atoms with Crippen molar-refractivity contribution in [2.75, 3.05) is 31.1 Å². The van der Waals surface area contributed by atoms with Gasteiger partial charge in [-0.3, -0.25) is 9.59 Å². The Hall–Kier alpha value is -3.16. The Morgan fingerprint density at radius 1 is 0.975 bits per heavy atom. The Kier molecular flexibility index (Phi) is 9.55. The van der Waals surface area contributed by atoms with E-state index in [1.54, 1.807) is 17.0 Å². The minimum absolute atomic E-state index is 0.0888. The fourth-order valence-corrected chi connectivity index (χ4v) is 6.95. The highest BCUT2D eigenvalue weighted by Gasteiger charge is 2.39. The van der Waals surface area contributed by atoms with Gasteiger partial charge in [-0.15, -0.1) is 11.8 Å². The van der Waals surface area contributed by atoms with Crippen LogP contribution in [0.5, 0.6) is 0 Å². The minimum Gasteiger partial charge on any atom is -0.356 e. The molecule has 2 amide bonds. The van der Waals surface area contributed by atoms with Crippen LogP contribution in [0, 0.1) is 17.7 Å². The molecule has 1 fully saturated rings. The summed E-state index contributed by atoms with van der Waals surface area (Å²) in [4.78, 5) is 32.0. The molecule has 2 aliphatic rings. The molecule has 1 N–H and O–H groups in total. The smallest absolute Gasteiger partial charge is 0.241 e. The van der Waals surface area contributed by atoms with Gasteiger partial charge in [0.15, 0.2) is 0 Å². The van der Waals surface area contributed by atoms with E-state index in [1.807, 2.05) is 31.2 Å². The number of likely N-dealkylation sites (tertiary alicyclic amines) is 1. The molecule has 0 saturated carbocycles. The molecule has 5 rings (SSSR count). The van der Waals surface area contributed by atoms with E-state index < -0.39 is 11.2 Å². The summed E-state index contributed by atoms with van der Waals surface area (Å²) >= 11 is 1.46. The Morgan fingerprint density at radius 2 is 1.68 bits per heavy atom. The van der Waals surface area contributed by atoms with Gasteiger partial charge in [-0.05, 0) is 86.6 Å². The second-order valence-corrected chi connectivity index (χ2v) is 12.1. The molecule has 0 aromatic heterocycles. The molecule has 40 heavy (non-hydrogen) atoms. The average Bonchev–Trinajstić information content (AvgIpc) is 2.98. The van der Waals surface area contributed by atoms with Crippen LogP contribution in [0.25, 0.3) is 0 Å². The number of halogens is 1. The number of nitrogens with zero attached hydrogens (tertiary/aromatic N) is 2. The van der Waals surface area contributed by atoms with E-state index in [-0.39, 0.29) is 17.6 Å². The number of nitrogens with one attached hydrogen (secondary N) is 1. The van der Waals surface area contributed by atoms with Crippen molar-refractivity contribution in [3.63, 3.8) is 0 Å². The molecule has 2 atom stereocenters. The number of piperidine rings is 1. The van der Waals surface area contributed by atoms with Gasteiger partial charge in [0.25, 0.3) is 0 Å². The SMILES string of the molecule is C[C@H](C(=O)NCCCN1CCC(Cc2ccccc2)CC1)[C@H]1Sc2ccccc2N(Cc2ccc(F)cc2)C1=O. The van der Waals surface area contributed by atoms with Gasteiger partial charge in [-0.1, -0.05) is 61.5 Å². The topological polar surface area (TPSA) is 52.7 Å². The number of hydrogen-bond donors (Lipinski definition) is 1. The van der Waals surface area contributed by atoms with Gasteiger partial charge in [0.05, 0.1) is 18.2 Å². The third-order valence-electron chi connectivity index (χ3n) is 8.07. The zero-order valence-corrected chi connectivity index (χ0v) is 23.9. The summed E-state index contributed by atoms with van der Waals surface area (Å²) < 4.78 is 13.4. The number of thioether (sulfide) groups is 1. The summed E-state index contributed by atoms with van der Waals surface area (Å²) in [6, 6.07) is 24.7. The lowest BCUT2D eigenvalue weighted by molar-refractivity contribution is -0.128. The lowest BCUT2D eigenvalue weighted by atomic mass is 9.90. The molecule has 0 spiro atoms. The molecular formula is C33H38FN3O2S. The molecule has 0 bridgehead atoms. The number of anilines is 1. The predicted octanol–water partition coefficient (Wildman–Crippen LogP) is 5.93. The minimum atomic E-state index is -0.515. The van der Waals surface area contributed by atoms with Gasteiger partial charge in [-0.2, -0.15) is 0 Å². The van der Waals surface area contributed by atoms with E-state index >= 15 is 0 Å². The third-order valence-corrected chi connectivity index (χ3v) is 9.53. The van der Waals surface area contributed by atoms with Crippen LogP contribution in [-0.2, 0) is 22.6 Å². The number of carbonyl (C=O) groups excluding carboxylic acids is 2. The number of fused-ring (bicyclic) bond motifs is 1. The van der Waals surface area contributed by atoms with Gasteiger partial charge < -0.3 is 15.1 Å². The molecule has 0 unspecified atom stereocenters. The van der Waals surface area contributed by atoms with E-state index in [1.165, 1.54) is 42.3 Å². The Labute approximate surface area is 241 Å². The van der Waals surface area contributed by atoms with E-state index in [2.05, 4.69) is 40.5 Å². The van der Waals surface area contributed by atoms with Gasteiger partial charge >= 0.3 is 0 Å². The number of para-hydroxylation sites is 1. The summed E-state index contributed by atoms with van der Waals surface area (Å²) in [6.07, 6.45) is 4.49. The second-order valence-electron chi connectivity index (χ2n) is 11.0. The standard InChI is InChI=1S/C33H38FN3O2S/c1-24(32(38)35-18-7-19-36-20-16-26(17-21-36)22-25-8-3-2-4-9-25)31-33(39)37(23-27-12-14-28(34)15-13-27)29-10-5-6-11-30(29)40-31/h2-6,8-15,24,26,31H,7,16-23H2,1H3,(H,35,38)/t24-,31+/m0/s1. The zero-order valence-electron chi connectivity index (χ0n) is 23.1. The summed E-state index contributed by atoms with van der Waals surface area (Å²) in [6.45, 7) is 5.98. The van der Waals surface area contributed by atoms with Crippen molar-refractivity contribution >= 4 is 29.3 Å². The molecule has 7 heteroatoms. The maximum Gasteiger partial charge on any atom is 0.241 e. The second kappa shape index (κ2) is 13.5. The molecule has 2 heterocycles. The van der Waals surface area contributed by atoms with Crippen LogP contribution in [0.15, 0.2) is 83.8 Å². The van der Waals surface area contributed by atoms with Crippen LogP contribution < -0.4 is 10.2 Å². The molecule has 3 aromatic rings. The molecule has 210 valence electrons. The Bertz CT molecular complexity index is 1280. The molecule has 0 aliphatic carbocycles. The summed E-state index contributed by atoms with van der Waals surface area (Å²) in [5.74, 6) is -0.212. The number of benzene rings is 3. The van der Waals surface area contributed by atoms with Crippen molar-refractivity contribution in [2.45, 2.75) is 49.3 Å². The van der Waals surface area contributed by atoms with Gasteiger partial charge in [-0.25, -0.2) is 4.39 Å². The zero-order chi connectivity index (χ0) is 27.9. The predicted molar refractivity (Wildman–Crippen MR) is 160 cm³/mol. The van der Waals surface area contributed by atoms with E-state index in [9.17, 15) is 14.0 Å².